The van der Waals surface area contributed by atoms with Gasteiger partial charge in [-0.2, -0.15) is 0 Å². The summed E-state index contributed by atoms with van der Waals surface area (Å²) in [6, 6.07) is 3.69. The Morgan fingerprint density at radius 1 is 1.32 bits per heavy atom. The van der Waals surface area contributed by atoms with Gasteiger partial charge in [0, 0.05) is 24.7 Å². The van der Waals surface area contributed by atoms with E-state index < -0.39 is 0 Å². The number of aryl methyl sites for hydroxylation is 3. The zero-order valence-electron chi connectivity index (χ0n) is 14.8. The molecule has 0 bridgehead atoms. The summed E-state index contributed by atoms with van der Waals surface area (Å²) >= 11 is 1.42. The van der Waals surface area contributed by atoms with E-state index in [1.807, 2.05) is 32.9 Å². The lowest BCUT2D eigenvalue weighted by Crippen LogP contribution is -2.33. The number of carbonyl (C=O) groups is 1. The van der Waals surface area contributed by atoms with Crippen molar-refractivity contribution in [3.05, 3.63) is 46.1 Å². The quantitative estimate of drug-likeness (QED) is 0.674. The third-order valence-electron chi connectivity index (χ3n) is 4.06. The van der Waals surface area contributed by atoms with Gasteiger partial charge >= 0.3 is 0 Å². The van der Waals surface area contributed by atoms with Crippen LogP contribution in [0.25, 0.3) is 10.2 Å². The summed E-state index contributed by atoms with van der Waals surface area (Å²) in [7, 11) is 1.63. The number of amides is 1. The number of rotatable bonds is 6. The van der Waals surface area contributed by atoms with Gasteiger partial charge in [0.2, 0.25) is 0 Å². The number of aromatic nitrogens is 2. The molecule has 0 aromatic carbocycles. The fourth-order valence-corrected chi connectivity index (χ4v) is 4.11. The highest BCUT2D eigenvalue weighted by Crippen LogP contribution is 2.32. The van der Waals surface area contributed by atoms with Gasteiger partial charge in [-0.1, -0.05) is 0 Å². The minimum Gasteiger partial charge on any atom is -0.467 e. The lowest BCUT2D eigenvalue weighted by molar-refractivity contribution is 0.0671. The van der Waals surface area contributed by atoms with E-state index in [-0.39, 0.29) is 5.91 Å². The fourth-order valence-electron chi connectivity index (χ4n) is 2.87. The Hall–Kier alpha value is -2.25. The second-order valence-corrected chi connectivity index (χ2v) is 6.89. The van der Waals surface area contributed by atoms with Gasteiger partial charge in [-0.3, -0.25) is 4.79 Å². The molecule has 0 radical (unpaired) electrons. The summed E-state index contributed by atoms with van der Waals surface area (Å²) in [5.74, 6) is 1.43. The van der Waals surface area contributed by atoms with E-state index in [9.17, 15) is 4.79 Å². The van der Waals surface area contributed by atoms with E-state index in [2.05, 4.69) is 9.97 Å². The molecule has 0 aliphatic carbocycles. The topological polar surface area (TPSA) is 68.5 Å². The SMILES string of the molecule is COCCN(Cc1ccco1)C(=O)c1sc2nc(C)nc(C)c2c1C. The van der Waals surface area contributed by atoms with Crippen molar-refractivity contribution in [3.63, 3.8) is 0 Å². The number of carbonyl (C=O) groups excluding carboxylic acids is 1. The highest BCUT2D eigenvalue weighted by Gasteiger charge is 2.24. The summed E-state index contributed by atoms with van der Waals surface area (Å²) in [4.78, 5) is 25.4. The molecule has 25 heavy (non-hydrogen) atoms. The average molecular weight is 359 g/mol. The Labute approximate surface area is 150 Å². The summed E-state index contributed by atoms with van der Waals surface area (Å²) < 4.78 is 10.6. The van der Waals surface area contributed by atoms with Crippen LogP contribution in [0.2, 0.25) is 0 Å². The predicted octanol–water partition coefficient (Wildman–Crippen LogP) is 3.50. The number of ether oxygens (including phenoxy) is 1. The van der Waals surface area contributed by atoms with Gasteiger partial charge in [0.15, 0.2) is 0 Å². The molecular weight excluding hydrogens is 338 g/mol. The van der Waals surface area contributed by atoms with Crippen LogP contribution in [0.3, 0.4) is 0 Å². The number of fused-ring (bicyclic) bond motifs is 1. The van der Waals surface area contributed by atoms with Gasteiger partial charge in [-0.25, -0.2) is 9.97 Å². The maximum absolute atomic E-state index is 13.2. The van der Waals surface area contributed by atoms with Crippen LogP contribution in [0, 0.1) is 20.8 Å². The molecule has 6 nitrogen and oxygen atoms in total. The molecule has 0 spiro atoms. The smallest absolute Gasteiger partial charge is 0.264 e. The van der Waals surface area contributed by atoms with Crippen molar-refractivity contribution in [1.82, 2.24) is 14.9 Å². The van der Waals surface area contributed by atoms with Crippen molar-refractivity contribution < 1.29 is 13.9 Å². The average Bonchev–Trinajstić information content (AvgIpc) is 3.18. The van der Waals surface area contributed by atoms with Crippen molar-refractivity contribution in [2.24, 2.45) is 0 Å². The maximum atomic E-state index is 13.2. The Bertz CT molecular complexity index is 887. The Morgan fingerprint density at radius 2 is 2.12 bits per heavy atom. The van der Waals surface area contributed by atoms with E-state index in [0.29, 0.717) is 24.6 Å². The normalized spacial score (nSPS) is 11.2. The van der Waals surface area contributed by atoms with Crippen molar-refractivity contribution >= 4 is 27.5 Å². The first kappa shape index (κ1) is 17.6. The summed E-state index contributed by atoms with van der Waals surface area (Å²) in [6.07, 6.45) is 1.61. The molecule has 3 aromatic heterocycles. The van der Waals surface area contributed by atoms with Crippen molar-refractivity contribution in [1.29, 1.82) is 0 Å². The first-order chi connectivity index (χ1) is 12.0. The molecule has 0 aliphatic rings. The van der Waals surface area contributed by atoms with Gasteiger partial charge in [0.05, 0.1) is 24.3 Å². The minimum atomic E-state index is -0.0361. The molecule has 7 heteroatoms. The molecule has 3 aromatic rings. The largest absolute Gasteiger partial charge is 0.467 e. The maximum Gasteiger partial charge on any atom is 0.264 e. The fraction of sp³-hybridized carbons (Fsp3) is 0.389. The van der Waals surface area contributed by atoms with Crippen LogP contribution >= 0.6 is 11.3 Å². The summed E-state index contributed by atoms with van der Waals surface area (Å²) in [6.45, 7) is 7.15. The lowest BCUT2D eigenvalue weighted by Gasteiger charge is -2.21. The first-order valence-electron chi connectivity index (χ1n) is 8.06. The predicted molar refractivity (Wildman–Crippen MR) is 97.0 cm³/mol. The van der Waals surface area contributed by atoms with Crippen LogP contribution < -0.4 is 0 Å². The Morgan fingerprint density at radius 3 is 2.80 bits per heavy atom. The monoisotopic (exact) mass is 359 g/mol. The van der Waals surface area contributed by atoms with Gasteiger partial charge < -0.3 is 14.1 Å². The molecule has 0 saturated carbocycles. The molecule has 1 amide bonds. The van der Waals surface area contributed by atoms with E-state index in [1.165, 1.54) is 11.3 Å². The molecule has 0 aliphatic heterocycles. The summed E-state index contributed by atoms with van der Waals surface area (Å²) in [5.41, 5.74) is 1.84. The molecule has 0 saturated heterocycles. The number of nitrogens with zero attached hydrogens (tertiary/aromatic N) is 3. The van der Waals surface area contributed by atoms with Crippen LogP contribution in [-0.4, -0.2) is 41.0 Å². The van der Waals surface area contributed by atoms with Gasteiger partial charge in [0.1, 0.15) is 16.4 Å². The van der Waals surface area contributed by atoms with Crippen LogP contribution in [0.1, 0.15) is 32.5 Å². The summed E-state index contributed by atoms with van der Waals surface area (Å²) in [5, 5.41) is 0.976. The van der Waals surface area contributed by atoms with Gasteiger partial charge in [-0.05, 0) is 38.5 Å². The number of furan rings is 1. The highest BCUT2D eigenvalue weighted by molar-refractivity contribution is 7.20. The van der Waals surface area contributed by atoms with E-state index in [4.69, 9.17) is 9.15 Å². The van der Waals surface area contributed by atoms with Gasteiger partial charge in [0.25, 0.3) is 5.91 Å². The molecule has 3 heterocycles. The molecule has 0 N–H and O–H groups in total. The van der Waals surface area contributed by atoms with Crippen molar-refractivity contribution in [3.8, 4) is 0 Å². The molecule has 3 rings (SSSR count). The van der Waals surface area contributed by atoms with Crippen LogP contribution in [0.5, 0.6) is 0 Å². The van der Waals surface area contributed by atoms with Crippen molar-refractivity contribution in [2.45, 2.75) is 27.3 Å². The van der Waals surface area contributed by atoms with Crippen LogP contribution in [0.4, 0.5) is 0 Å². The number of hydrogen-bond acceptors (Lipinski definition) is 6. The molecule has 0 atom stereocenters. The van der Waals surface area contributed by atoms with Gasteiger partial charge in [-0.15, -0.1) is 11.3 Å². The molecule has 0 fully saturated rings. The standard InChI is InChI=1S/C18H21N3O3S/c1-11-15-12(2)19-13(3)20-17(15)25-16(11)18(22)21(7-9-23-4)10-14-6-5-8-24-14/h5-6,8H,7,9-10H2,1-4H3. The number of thiophene rings is 1. The molecule has 0 unspecified atom stereocenters. The Kier molecular flexibility index (Phi) is 5.15. The lowest BCUT2D eigenvalue weighted by atomic mass is 10.1. The van der Waals surface area contributed by atoms with Crippen LogP contribution in [-0.2, 0) is 11.3 Å². The van der Waals surface area contributed by atoms with E-state index >= 15 is 0 Å². The highest BCUT2D eigenvalue weighted by atomic mass is 32.1. The molecular formula is C18H21N3O3S. The minimum absolute atomic E-state index is 0.0361. The molecule has 132 valence electrons. The third-order valence-corrected chi connectivity index (χ3v) is 5.23. The second kappa shape index (κ2) is 7.33. The number of hydrogen-bond donors (Lipinski definition) is 0. The van der Waals surface area contributed by atoms with E-state index in [1.54, 1.807) is 18.3 Å². The zero-order chi connectivity index (χ0) is 18.0. The van der Waals surface area contributed by atoms with E-state index in [0.717, 1.165) is 33.1 Å². The van der Waals surface area contributed by atoms with Crippen molar-refractivity contribution in [2.75, 3.05) is 20.3 Å². The first-order valence-corrected chi connectivity index (χ1v) is 8.88. The van der Waals surface area contributed by atoms with Crippen LogP contribution in [0.15, 0.2) is 22.8 Å². The third kappa shape index (κ3) is 3.57. The second-order valence-electron chi connectivity index (χ2n) is 5.89. The number of methoxy groups -OCH3 is 1. The Balaban J connectivity index is 1.97. The zero-order valence-corrected chi connectivity index (χ0v) is 15.6.